The van der Waals surface area contributed by atoms with Crippen molar-refractivity contribution < 1.29 is 15.4 Å². The van der Waals surface area contributed by atoms with Crippen molar-refractivity contribution >= 4 is 18.4 Å². The highest BCUT2D eigenvalue weighted by Crippen LogP contribution is 1.91. The maximum Gasteiger partial charge on any atom is 0.320 e. The number of hydrogen-bond donors (Lipinski definition) is 3. The predicted molar refractivity (Wildman–Crippen MR) is 44.8 cm³/mol. The van der Waals surface area contributed by atoms with E-state index in [9.17, 15) is 4.79 Å². The van der Waals surface area contributed by atoms with Gasteiger partial charge in [0.25, 0.3) is 0 Å². The van der Waals surface area contributed by atoms with Crippen LogP contribution in [0.3, 0.4) is 0 Å². The van der Waals surface area contributed by atoms with Gasteiger partial charge in [-0.1, -0.05) is 0 Å². The molecule has 0 fully saturated rings. The van der Waals surface area contributed by atoms with Gasteiger partial charge in [-0.2, -0.15) is 0 Å². The number of halogens is 1. The van der Waals surface area contributed by atoms with E-state index in [1.165, 1.54) is 0 Å². The average molecular weight is 187 g/mol. The lowest BCUT2D eigenvalue weighted by atomic mass is 10.2. The topological polar surface area (TPSA) is 121 Å². The first-order valence-corrected chi connectivity index (χ1v) is 2.87. The Morgan fingerprint density at radius 2 is 2.00 bits per heavy atom. The molecule has 0 bridgehead atoms. The van der Waals surface area contributed by atoms with E-state index in [-0.39, 0.29) is 17.9 Å². The van der Waals surface area contributed by atoms with Crippen LogP contribution < -0.4 is 11.5 Å². The fraction of sp³-hybridized carbons (Fsp3) is 0.800. The third-order valence-corrected chi connectivity index (χ3v) is 1.04. The van der Waals surface area contributed by atoms with Gasteiger partial charge >= 0.3 is 5.97 Å². The van der Waals surface area contributed by atoms with Crippen LogP contribution in [0, 0.1) is 0 Å². The molecule has 0 aliphatic rings. The van der Waals surface area contributed by atoms with Crippen molar-refractivity contribution in [3.05, 3.63) is 0 Å². The Bertz CT molecular complexity index is 102. The van der Waals surface area contributed by atoms with Crippen LogP contribution in [0.1, 0.15) is 12.8 Å². The molecular weight excluding hydrogens is 172 g/mol. The third kappa shape index (κ3) is 9.64. The van der Waals surface area contributed by atoms with Crippen molar-refractivity contribution in [3.63, 3.8) is 0 Å². The molecule has 70 valence electrons. The standard InChI is InChI=1S/C5H12N2O2.ClH.H2O/c6-3-1-2-4(7)5(8)9;;/h4H,1-3,6-7H2,(H,8,9);1H;1H2/t4-;;/m0../s1. The van der Waals surface area contributed by atoms with Gasteiger partial charge < -0.3 is 22.1 Å². The highest BCUT2D eigenvalue weighted by atomic mass is 35.5. The zero-order chi connectivity index (χ0) is 7.28. The maximum atomic E-state index is 10.0. The molecule has 11 heavy (non-hydrogen) atoms. The summed E-state index contributed by atoms with van der Waals surface area (Å²) >= 11 is 0. The number of aliphatic carboxylic acids is 1. The molecule has 0 spiro atoms. The fourth-order valence-corrected chi connectivity index (χ4v) is 0.461. The van der Waals surface area contributed by atoms with Crippen LogP contribution in [0.25, 0.3) is 0 Å². The van der Waals surface area contributed by atoms with Gasteiger partial charge in [-0.25, -0.2) is 0 Å². The normalized spacial score (nSPS) is 10.7. The first-order valence-electron chi connectivity index (χ1n) is 2.87. The van der Waals surface area contributed by atoms with Crippen molar-refractivity contribution in [3.8, 4) is 0 Å². The first kappa shape index (κ1) is 16.9. The highest BCUT2D eigenvalue weighted by molar-refractivity contribution is 5.85. The van der Waals surface area contributed by atoms with Gasteiger partial charge in [0.05, 0.1) is 0 Å². The second-order valence-electron chi connectivity index (χ2n) is 1.88. The van der Waals surface area contributed by atoms with Crippen molar-refractivity contribution in [2.75, 3.05) is 6.54 Å². The summed E-state index contributed by atoms with van der Waals surface area (Å²) in [4.78, 5) is 10.0. The van der Waals surface area contributed by atoms with Gasteiger partial charge in [0, 0.05) is 0 Å². The smallest absolute Gasteiger partial charge is 0.320 e. The van der Waals surface area contributed by atoms with E-state index in [1.807, 2.05) is 0 Å². The largest absolute Gasteiger partial charge is 0.480 e. The van der Waals surface area contributed by atoms with Crippen LogP contribution in [0.15, 0.2) is 0 Å². The highest BCUT2D eigenvalue weighted by Gasteiger charge is 2.08. The number of carbonyl (C=O) groups is 1. The molecule has 7 N–H and O–H groups in total. The zero-order valence-electron chi connectivity index (χ0n) is 6.12. The predicted octanol–water partition coefficient (Wildman–Crippen LogP) is -1.27. The lowest BCUT2D eigenvalue weighted by molar-refractivity contribution is -0.138. The Morgan fingerprint density at radius 3 is 2.27 bits per heavy atom. The molecule has 0 aromatic heterocycles. The van der Waals surface area contributed by atoms with Gasteiger partial charge in [0.15, 0.2) is 0 Å². The molecule has 6 heteroatoms. The van der Waals surface area contributed by atoms with E-state index in [0.717, 1.165) is 0 Å². The van der Waals surface area contributed by atoms with Gasteiger partial charge in [-0.15, -0.1) is 12.4 Å². The first-order chi connectivity index (χ1) is 4.18. The maximum absolute atomic E-state index is 10.0. The summed E-state index contributed by atoms with van der Waals surface area (Å²) in [6.45, 7) is 0.501. The third-order valence-electron chi connectivity index (χ3n) is 1.04. The van der Waals surface area contributed by atoms with Crippen LogP contribution in [0.5, 0.6) is 0 Å². The molecule has 0 radical (unpaired) electrons. The number of carboxylic acid groups (broad SMARTS) is 1. The summed E-state index contributed by atoms with van der Waals surface area (Å²) in [6.07, 6.45) is 1.14. The van der Waals surface area contributed by atoms with E-state index in [0.29, 0.717) is 19.4 Å². The van der Waals surface area contributed by atoms with Crippen molar-refractivity contribution in [1.82, 2.24) is 0 Å². The monoisotopic (exact) mass is 186 g/mol. The van der Waals surface area contributed by atoms with Crippen LogP contribution in [0.2, 0.25) is 0 Å². The minimum Gasteiger partial charge on any atom is -0.480 e. The van der Waals surface area contributed by atoms with Crippen LogP contribution in [-0.4, -0.2) is 29.1 Å². The van der Waals surface area contributed by atoms with E-state index in [2.05, 4.69) is 0 Å². The number of carboxylic acids is 1. The van der Waals surface area contributed by atoms with Crippen LogP contribution >= 0.6 is 12.4 Å². The van der Waals surface area contributed by atoms with Crippen LogP contribution in [0.4, 0.5) is 0 Å². The Labute approximate surface area is 71.5 Å². The summed E-state index contributed by atoms with van der Waals surface area (Å²) in [5.74, 6) is -0.955. The lowest BCUT2D eigenvalue weighted by Gasteiger charge is -2.02. The molecule has 0 unspecified atom stereocenters. The van der Waals surface area contributed by atoms with E-state index >= 15 is 0 Å². The quantitative estimate of drug-likeness (QED) is 0.507. The summed E-state index contributed by atoms with van der Waals surface area (Å²) in [5, 5.41) is 8.24. The Morgan fingerprint density at radius 1 is 1.55 bits per heavy atom. The number of nitrogens with two attached hydrogens (primary N) is 2. The molecule has 0 saturated heterocycles. The minimum atomic E-state index is -0.955. The van der Waals surface area contributed by atoms with Crippen LogP contribution in [-0.2, 0) is 4.79 Å². The Kier molecular flexibility index (Phi) is 14.8. The molecule has 1 atom stereocenters. The van der Waals surface area contributed by atoms with Crippen molar-refractivity contribution in [2.45, 2.75) is 18.9 Å². The zero-order valence-corrected chi connectivity index (χ0v) is 6.93. The molecule has 5 nitrogen and oxygen atoms in total. The Balaban J connectivity index is -0.000000320. The molecule has 0 aliphatic heterocycles. The molecule has 0 aliphatic carbocycles. The molecule has 0 saturated carbocycles. The second-order valence-corrected chi connectivity index (χ2v) is 1.88. The Hall–Kier alpha value is -0.360. The lowest BCUT2D eigenvalue weighted by Crippen LogP contribution is -2.30. The van der Waals surface area contributed by atoms with Gasteiger partial charge in [-0.3, -0.25) is 4.79 Å². The fourth-order valence-electron chi connectivity index (χ4n) is 0.461. The van der Waals surface area contributed by atoms with Crippen molar-refractivity contribution in [2.24, 2.45) is 11.5 Å². The molecule has 0 aromatic carbocycles. The summed E-state index contributed by atoms with van der Waals surface area (Å²) in [7, 11) is 0. The summed E-state index contributed by atoms with van der Waals surface area (Å²) < 4.78 is 0. The summed E-state index contributed by atoms with van der Waals surface area (Å²) in [6, 6.07) is -0.742. The van der Waals surface area contributed by atoms with Crippen molar-refractivity contribution in [1.29, 1.82) is 0 Å². The molecule has 0 aromatic rings. The van der Waals surface area contributed by atoms with E-state index < -0.39 is 12.0 Å². The van der Waals surface area contributed by atoms with Gasteiger partial charge in [0.2, 0.25) is 0 Å². The van der Waals surface area contributed by atoms with E-state index in [1.54, 1.807) is 0 Å². The minimum absolute atomic E-state index is 0. The molecule has 0 amide bonds. The second kappa shape index (κ2) is 9.64. The van der Waals surface area contributed by atoms with E-state index in [4.69, 9.17) is 16.6 Å². The average Bonchev–Trinajstić information content (AvgIpc) is 1.82. The SMILES string of the molecule is Cl.NCCC[C@H](N)C(=O)O.O. The number of hydrogen-bond acceptors (Lipinski definition) is 3. The van der Waals surface area contributed by atoms with Gasteiger partial charge in [0.1, 0.15) is 6.04 Å². The van der Waals surface area contributed by atoms with Gasteiger partial charge in [-0.05, 0) is 19.4 Å². The summed E-state index contributed by atoms with van der Waals surface area (Å²) in [5.41, 5.74) is 10.3. The number of rotatable bonds is 4. The molecule has 0 rings (SSSR count). The molecule has 0 heterocycles. The molecular formula is C5H15ClN2O3.